The quantitative estimate of drug-likeness (QED) is 0.391. The van der Waals surface area contributed by atoms with Crippen molar-refractivity contribution in [2.45, 2.75) is 11.3 Å². The molecular formula is C26H28N2O6S. The number of hydrogen-bond acceptors (Lipinski definition) is 6. The molecule has 0 bridgehead atoms. The van der Waals surface area contributed by atoms with Crippen molar-refractivity contribution in [2.75, 3.05) is 33.2 Å². The lowest BCUT2D eigenvalue weighted by Crippen LogP contribution is -2.26. The summed E-state index contributed by atoms with van der Waals surface area (Å²) in [5.74, 6) is 1.03. The van der Waals surface area contributed by atoms with E-state index >= 15 is 0 Å². The van der Waals surface area contributed by atoms with Crippen LogP contribution in [0.4, 0.5) is 5.69 Å². The second kappa shape index (κ2) is 12.0. The molecule has 184 valence electrons. The van der Waals surface area contributed by atoms with E-state index in [-0.39, 0.29) is 17.3 Å². The van der Waals surface area contributed by atoms with Gasteiger partial charge in [0, 0.05) is 18.3 Å². The first-order valence-electron chi connectivity index (χ1n) is 10.8. The van der Waals surface area contributed by atoms with E-state index in [1.165, 1.54) is 51.7 Å². The van der Waals surface area contributed by atoms with Crippen LogP contribution in [0.5, 0.6) is 17.2 Å². The average molecular weight is 497 g/mol. The zero-order valence-corrected chi connectivity index (χ0v) is 20.6. The van der Waals surface area contributed by atoms with Crippen LogP contribution in [0.15, 0.2) is 77.7 Å². The van der Waals surface area contributed by atoms with Gasteiger partial charge in [-0.2, -0.15) is 0 Å². The normalized spacial score (nSPS) is 11.3. The summed E-state index contributed by atoms with van der Waals surface area (Å²) in [4.78, 5) is 12.5. The average Bonchev–Trinajstić information content (AvgIpc) is 2.87. The van der Waals surface area contributed by atoms with Crippen molar-refractivity contribution in [2.24, 2.45) is 0 Å². The molecule has 0 heterocycles. The van der Waals surface area contributed by atoms with Crippen LogP contribution in [0.25, 0.3) is 6.08 Å². The maximum absolute atomic E-state index is 12.5. The van der Waals surface area contributed by atoms with Gasteiger partial charge in [-0.05, 0) is 60.0 Å². The smallest absolute Gasteiger partial charge is 0.248 e. The Morgan fingerprint density at radius 1 is 0.886 bits per heavy atom. The summed E-state index contributed by atoms with van der Waals surface area (Å²) in [7, 11) is 0.891. The van der Waals surface area contributed by atoms with Crippen molar-refractivity contribution < 1.29 is 27.4 Å². The molecule has 0 aliphatic heterocycles. The second-order valence-corrected chi connectivity index (χ2v) is 9.21. The molecule has 0 aliphatic carbocycles. The largest absolute Gasteiger partial charge is 0.493 e. The number of methoxy groups -OCH3 is 3. The molecule has 1 amide bonds. The zero-order chi connectivity index (χ0) is 25.3. The molecule has 3 aromatic carbocycles. The summed E-state index contributed by atoms with van der Waals surface area (Å²) in [6.07, 6.45) is 3.55. The lowest BCUT2D eigenvalue weighted by molar-refractivity contribution is -0.111. The van der Waals surface area contributed by atoms with Gasteiger partial charge in [0.05, 0.1) is 26.2 Å². The number of amides is 1. The van der Waals surface area contributed by atoms with Gasteiger partial charge in [-0.15, -0.1) is 0 Å². The number of nitrogens with one attached hydrogen (secondary N) is 2. The number of carbonyl (C=O) groups is 1. The molecule has 0 radical (unpaired) electrons. The zero-order valence-electron chi connectivity index (χ0n) is 19.8. The molecule has 3 aromatic rings. The number of rotatable bonds is 11. The van der Waals surface area contributed by atoms with Crippen molar-refractivity contribution in [3.63, 3.8) is 0 Å². The van der Waals surface area contributed by atoms with Gasteiger partial charge >= 0.3 is 0 Å². The standard InChI is InChI=1S/C26H28N2O6S/c1-32-23-17-20(18-24(33-2)26(23)34-3)9-14-25(29)28-21-10-12-22(13-11-21)35(30,31)27-16-15-19-7-5-4-6-8-19/h4-14,17-18,27H,15-16H2,1-3H3,(H,28,29). The fourth-order valence-electron chi connectivity index (χ4n) is 3.33. The van der Waals surface area contributed by atoms with Crippen molar-refractivity contribution in [3.8, 4) is 17.2 Å². The first-order valence-corrected chi connectivity index (χ1v) is 12.3. The first kappa shape index (κ1) is 25.8. The van der Waals surface area contributed by atoms with Gasteiger partial charge in [0.15, 0.2) is 11.5 Å². The van der Waals surface area contributed by atoms with E-state index in [0.717, 1.165) is 5.56 Å². The summed E-state index contributed by atoms with van der Waals surface area (Å²) in [6.45, 7) is 0.288. The van der Waals surface area contributed by atoms with E-state index in [2.05, 4.69) is 10.0 Å². The predicted molar refractivity (Wildman–Crippen MR) is 136 cm³/mol. The fourth-order valence-corrected chi connectivity index (χ4v) is 4.36. The highest BCUT2D eigenvalue weighted by molar-refractivity contribution is 7.89. The third-order valence-electron chi connectivity index (χ3n) is 5.09. The number of ether oxygens (including phenoxy) is 3. The maximum Gasteiger partial charge on any atom is 0.248 e. The number of carbonyl (C=O) groups excluding carboxylic acids is 1. The van der Waals surface area contributed by atoms with E-state index < -0.39 is 10.0 Å². The summed E-state index contributed by atoms with van der Waals surface area (Å²) < 4.78 is 43.6. The molecule has 0 saturated heterocycles. The van der Waals surface area contributed by atoms with Gasteiger partial charge in [-0.25, -0.2) is 13.1 Å². The molecule has 0 fully saturated rings. The Labute approximate surface area is 205 Å². The van der Waals surface area contributed by atoms with Gasteiger partial charge in [-0.3, -0.25) is 4.79 Å². The molecular weight excluding hydrogens is 468 g/mol. The van der Waals surface area contributed by atoms with Crippen LogP contribution in [0.2, 0.25) is 0 Å². The lowest BCUT2D eigenvalue weighted by Gasteiger charge is -2.12. The summed E-state index contributed by atoms with van der Waals surface area (Å²) in [5.41, 5.74) is 2.19. The Balaban J connectivity index is 1.60. The minimum atomic E-state index is -3.65. The third-order valence-corrected chi connectivity index (χ3v) is 6.57. The molecule has 0 spiro atoms. The second-order valence-electron chi connectivity index (χ2n) is 7.44. The van der Waals surface area contributed by atoms with E-state index in [4.69, 9.17) is 14.2 Å². The van der Waals surface area contributed by atoms with Crippen LogP contribution < -0.4 is 24.2 Å². The molecule has 0 saturated carbocycles. The number of sulfonamides is 1. The molecule has 35 heavy (non-hydrogen) atoms. The SMILES string of the molecule is COc1cc(C=CC(=O)Nc2ccc(S(=O)(=O)NCCc3ccccc3)cc2)cc(OC)c1OC. The van der Waals surface area contributed by atoms with E-state index in [9.17, 15) is 13.2 Å². The van der Waals surface area contributed by atoms with Crippen LogP contribution in [-0.4, -0.2) is 42.2 Å². The van der Waals surface area contributed by atoms with Gasteiger partial charge in [0.2, 0.25) is 21.7 Å². The van der Waals surface area contributed by atoms with Gasteiger partial charge in [0.25, 0.3) is 0 Å². The minimum Gasteiger partial charge on any atom is -0.493 e. The van der Waals surface area contributed by atoms with Crippen molar-refractivity contribution >= 4 is 27.7 Å². The van der Waals surface area contributed by atoms with Crippen molar-refractivity contribution in [1.29, 1.82) is 0 Å². The van der Waals surface area contributed by atoms with Gasteiger partial charge < -0.3 is 19.5 Å². The van der Waals surface area contributed by atoms with Crippen LogP contribution in [-0.2, 0) is 21.2 Å². The molecule has 0 aromatic heterocycles. The van der Waals surface area contributed by atoms with Crippen molar-refractivity contribution in [3.05, 3.63) is 83.9 Å². The lowest BCUT2D eigenvalue weighted by atomic mass is 10.1. The van der Waals surface area contributed by atoms with E-state index in [0.29, 0.717) is 34.9 Å². The van der Waals surface area contributed by atoms with Crippen LogP contribution >= 0.6 is 0 Å². The Hall–Kier alpha value is -3.82. The summed E-state index contributed by atoms with van der Waals surface area (Å²) in [6, 6.07) is 19.0. The first-order chi connectivity index (χ1) is 16.9. The summed E-state index contributed by atoms with van der Waals surface area (Å²) in [5, 5.41) is 2.71. The van der Waals surface area contributed by atoms with Crippen LogP contribution in [0.1, 0.15) is 11.1 Å². The highest BCUT2D eigenvalue weighted by atomic mass is 32.2. The molecule has 8 nitrogen and oxygen atoms in total. The number of hydrogen-bond donors (Lipinski definition) is 2. The topological polar surface area (TPSA) is 103 Å². The van der Waals surface area contributed by atoms with Crippen LogP contribution in [0, 0.1) is 0 Å². The Morgan fingerprint density at radius 2 is 1.51 bits per heavy atom. The number of anilines is 1. The van der Waals surface area contributed by atoms with E-state index in [1.807, 2.05) is 30.3 Å². The Morgan fingerprint density at radius 3 is 2.09 bits per heavy atom. The molecule has 0 unspecified atom stereocenters. The Bertz CT molecular complexity index is 1250. The highest BCUT2D eigenvalue weighted by Crippen LogP contribution is 2.38. The highest BCUT2D eigenvalue weighted by Gasteiger charge is 2.14. The maximum atomic E-state index is 12.5. The molecule has 2 N–H and O–H groups in total. The van der Waals surface area contributed by atoms with Crippen LogP contribution in [0.3, 0.4) is 0 Å². The minimum absolute atomic E-state index is 0.122. The van der Waals surface area contributed by atoms with Crippen molar-refractivity contribution in [1.82, 2.24) is 4.72 Å². The molecule has 0 atom stereocenters. The monoisotopic (exact) mass is 496 g/mol. The fraction of sp³-hybridized carbons (Fsp3) is 0.192. The van der Waals surface area contributed by atoms with Gasteiger partial charge in [0.1, 0.15) is 0 Å². The predicted octanol–water partition coefficient (Wildman–Crippen LogP) is 3.89. The summed E-state index contributed by atoms with van der Waals surface area (Å²) >= 11 is 0. The number of benzene rings is 3. The molecule has 0 aliphatic rings. The van der Waals surface area contributed by atoms with Gasteiger partial charge in [-0.1, -0.05) is 30.3 Å². The molecule has 9 heteroatoms. The van der Waals surface area contributed by atoms with E-state index in [1.54, 1.807) is 18.2 Å². The third kappa shape index (κ3) is 7.08. The molecule has 3 rings (SSSR count). The Kier molecular flexibility index (Phi) is 8.88.